The summed E-state index contributed by atoms with van der Waals surface area (Å²) < 4.78 is 1.90. The van der Waals surface area contributed by atoms with Gasteiger partial charge in [0.05, 0.1) is 12.7 Å². The molecule has 2 aromatic heterocycles. The molecule has 0 amide bonds. The molecule has 17 heavy (non-hydrogen) atoms. The number of thiophene rings is 1. The predicted octanol–water partition coefficient (Wildman–Crippen LogP) is 1.58. The summed E-state index contributed by atoms with van der Waals surface area (Å²) in [6.07, 6.45) is 3.45. The maximum absolute atomic E-state index is 9.84. The summed E-state index contributed by atoms with van der Waals surface area (Å²) in [5.74, 6) is 0. The maximum atomic E-state index is 9.84. The number of aliphatic hydroxyl groups is 1. The first-order valence-electron chi connectivity index (χ1n) is 5.67. The highest BCUT2D eigenvalue weighted by atomic mass is 32.1. The third-order valence-corrected chi connectivity index (χ3v) is 3.46. The van der Waals surface area contributed by atoms with Gasteiger partial charge in [0.1, 0.15) is 6.10 Å². The van der Waals surface area contributed by atoms with Gasteiger partial charge in [-0.05, 0) is 23.9 Å². The molecule has 0 aliphatic carbocycles. The van der Waals surface area contributed by atoms with Crippen LogP contribution < -0.4 is 5.32 Å². The van der Waals surface area contributed by atoms with E-state index in [0.29, 0.717) is 6.54 Å². The van der Waals surface area contributed by atoms with Crippen LogP contribution in [0.1, 0.15) is 16.5 Å². The van der Waals surface area contributed by atoms with Crippen LogP contribution >= 0.6 is 11.3 Å². The molecule has 0 spiro atoms. The molecule has 0 bridgehead atoms. The van der Waals surface area contributed by atoms with Gasteiger partial charge in [0.25, 0.3) is 0 Å². The van der Waals surface area contributed by atoms with E-state index in [0.717, 1.165) is 18.0 Å². The lowest BCUT2D eigenvalue weighted by Crippen LogP contribution is -2.25. The first-order chi connectivity index (χ1) is 8.25. The van der Waals surface area contributed by atoms with Crippen LogP contribution in [0.25, 0.3) is 0 Å². The molecule has 0 saturated heterocycles. The summed E-state index contributed by atoms with van der Waals surface area (Å²) in [6.45, 7) is 4.24. The fourth-order valence-electron chi connectivity index (χ4n) is 1.60. The molecule has 2 heterocycles. The molecule has 1 unspecified atom stereocenters. The lowest BCUT2D eigenvalue weighted by Gasteiger charge is -2.10. The van der Waals surface area contributed by atoms with Gasteiger partial charge >= 0.3 is 0 Å². The Morgan fingerprint density at radius 3 is 3.12 bits per heavy atom. The van der Waals surface area contributed by atoms with Crippen molar-refractivity contribution in [1.82, 2.24) is 15.1 Å². The number of nitrogens with zero attached hydrogens (tertiary/aromatic N) is 2. The second-order valence-electron chi connectivity index (χ2n) is 4.02. The average Bonchev–Trinajstić information content (AvgIpc) is 2.95. The molecule has 4 nitrogen and oxygen atoms in total. The van der Waals surface area contributed by atoms with Gasteiger partial charge in [-0.3, -0.25) is 4.68 Å². The normalized spacial score (nSPS) is 12.8. The van der Waals surface area contributed by atoms with Crippen molar-refractivity contribution in [2.45, 2.75) is 19.6 Å². The van der Waals surface area contributed by atoms with Crippen molar-refractivity contribution in [3.8, 4) is 0 Å². The molecule has 0 aliphatic rings. The monoisotopic (exact) mass is 251 g/mol. The van der Waals surface area contributed by atoms with E-state index in [1.165, 1.54) is 5.56 Å². The second kappa shape index (κ2) is 5.95. The van der Waals surface area contributed by atoms with Gasteiger partial charge in [0.15, 0.2) is 0 Å². The molecule has 0 saturated carbocycles. The zero-order valence-electron chi connectivity index (χ0n) is 9.84. The third-order valence-electron chi connectivity index (χ3n) is 2.49. The largest absolute Gasteiger partial charge is 0.386 e. The Hall–Kier alpha value is -1.17. The first-order valence-corrected chi connectivity index (χ1v) is 6.55. The topological polar surface area (TPSA) is 50.1 Å². The minimum atomic E-state index is -0.408. The molecule has 0 aliphatic heterocycles. The Labute approximate surface area is 105 Å². The van der Waals surface area contributed by atoms with Gasteiger partial charge in [-0.15, -0.1) is 11.3 Å². The van der Waals surface area contributed by atoms with Crippen LogP contribution in [0.4, 0.5) is 0 Å². The van der Waals surface area contributed by atoms with E-state index in [1.807, 2.05) is 41.5 Å². The number of aromatic nitrogens is 2. The molecule has 5 heteroatoms. The van der Waals surface area contributed by atoms with Gasteiger partial charge in [-0.25, -0.2) is 0 Å². The molecule has 1 atom stereocenters. The molecular weight excluding hydrogens is 234 g/mol. The fraction of sp³-hybridized carbons (Fsp3) is 0.417. The lowest BCUT2D eigenvalue weighted by atomic mass is 10.3. The Morgan fingerprint density at radius 2 is 2.47 bits per heavy atom. The number of aryl methyl sites for hydroxylation is 1. The van der Waals surface area contributed by atoms with Gasteiger partial charge in [-0.1, -0.05) is 6.07 Å². The third kappa shape index (κ3) is 3.66. The van der Waals surface area contributed by atoms with Crippen LogP contribution in [0.2, 0.25) is 0 Å². The molecule has 2 N–H and O–H groups in total. The van der Waals surface area contributed by atoms with E-state index < -0.39 is 6.10 Å². The molecule has 92 valence electrons. The second-order valence-corrected chi connectivity index (χ2v) is 5.00. The quantitative estimate of drug-likeness (QED) is 0.766. The van der Waals surface area contributed by atoms with Gasteiger partial charge in [-0.2, -0.15) is 5.10 Å². The van der Waals surface area contributed by atoms with Crippen LogP contribution in [-0.4, -0.2) is 28.0 Å². The van der Waals surface area contributed by atoms with Crippen molar-refractivity contribution >= 4 is 11.3 Å². The smallest absolute Gasteiger partial charge is 0.101 e. The summed E-state index contributed by atoms with van der Waals surface area (Å²) in [4.78, 5) is 1.01. The van der Waals surface area contributed by atoms with Crippen LogP contribution in [0, 0.1) is 6.92 Å². The van der Waals surface area contributed by atoms with Crippen molar-refractivity contribution in [2.75, 3.05) is 13.1 Å². The standard InChI is InChI=1S/C12H17N3OS/c1-10-7-14-15(9-10)5-4-13-8-11(16)12-3-2-6-17-12/h2-3,6-7,9,11,13,16H,4-5,8H2,1H3. The summed E-state index contributed by atoms with van der Waals surface area (Å²) in [5.41, 5.74) is 1.17. The van der Waals surface area contributed by atoms with Crippen molar-refractivity contribution < 1.29 is 5.11 Å². The molecule has 0 aromatic carbocycles. The van der Waals surface area contributed by atoms with Crippen molar-refractivity contribution in [3.05, 3.63) is 40.3 Å². The lowest BCUT2D eigenvalue weighted by molar-refractivity contribution is 0.178. The first kappa shape index (κ1) is 12.3. The fourth-order valence-corrected chi connectivity index (χ4v) is 2.31. The highest BCUT2D eigenvalue weighted by molar-refractivity contribution is 7.10. The Kier molecular flexibility index (Phi) is 4.30. The molecule has 0 radical (unpaired) electrons. The molecule has 2 rings (SSSR count). The summed E-state index contributed by atoms with van der Waals surface area (Å²) in [6, 6.07) is 3.91. The summed E-state index contributed by atoms with van der Waals surface area (Å²) in [5, 5.41) is 19.2. The maximum Gasteiger partial charge on any atom is 0.101 e. The minimum absolute atomic E-state index is 0.408. The van der Waals surface area contributed by atoms with E-state index in [2.05, 4.69) is 10.4 Å². The minimum Gasteiger partial charge on any atom is -0.386 e. The van der Waals surface area contributed by atoms with E-state index in [1.54, 1.807) is 11.3 Å². The summed E-state index contributed by atoms with van der Waals surface area (Å²) >= 11 is 1.58. The average molecular weight is 251 g/mol. The number of aliphatic hydroxyl groups excluding tert-OH is 1. The van der Waals surface area contributed by atoms with Crippen molar-refractivity contribution in [3.63, 3.8) is 0 Å². The van der Waals surface area contributed by atoms with Crippen LogP contribution in [-0.2, 0) is 6.54 Å². The molecule has 0 fully saturated rings. The van der Waals surface area contributed by atoms with E-state index >= 15 is 0 Å². The molecule has 2 aromatic rings. The number of hydrogen-bond acceptors (Lipinski definition) is 4. The zero-order chi connectivity index (χ0) is 12.1. The van der Waals surface area contributed by atoms with E-state index in [9.17, 15) is 5.11 Å². The zero-order valence-corrected chi connectivity index (χ0v) is 10.7. The van der Waals surface area contributed by atoms with Gasteiger partial charge < -0.3 is 10.4 Å². The number of rotatable bonds is 6. The SMILES string of the molecule is Cc1cnn(CCNCC(O)c2cccs2)c1. The highest BCUT2D eigenvalue weighted by Crippen LogP contribution is 2.17. The van der Waals surface area contributed by atoms with Crippen LogP contribution in [0.15, 0.2) is 29.9 Å². The highest BCUT2D eigenvalue weighted by Gasteiger charge is 2.07. The van der Waals surface area contributed by atoms with Crippen LogP contribution in [0.5, 0.6) is 0 Å². The number of hydrogen-bond donors (Lipinski definition) is 2. The van der Waals surface area contributed by atoms with E-state index in [-0.39, 0.29) is 0 Å². The van der Waals surface area contributed by atoms with Crippen LogP contribution in [0.3, 0.4) is 0 Å². The van der Waals surface area contributed by atoms with Gasteiger partial charge in [0.2, 0.25) is 0 Å². The van der Waals surface area contributed by atoms with E-state index in [4.69, 9.17) is 0 Å². The Bertz CT molecular complexity index is 438. The Balaban J connectivity index is 1.66. The van der Waals surface area contributed by atoms with Crippen molar-refractivity contribution in [2.24, 2.45) is 0 Å². The van der Waals surface area contributed by atoms with Crippen molar-refractivity contribution in [1.29, 1.82) is 0 Å². The number of nitrogens with one attached hydrogen (secondary N) is 1. The van der Waals surface area contributed by atoms with Gasteiger partial charge in [0, 0.05) is 24.2 Å². The Morgan fingerprint density at radius 1 is 1.59 bits per heavy atom. The predicted molar refractivity (Wildman–Crippen MR) is 69.1 cm³/mol. The molecular formula is C12H17N3OS. The summed E-state index contributed by atoms with van der Waals surface area (Å²) in [7, 11) is 0.